The van der Waals surface area contributed by atoms with Gasteiger partial charge in [-0.25, -0.2) is 4.90 Å². The van der Waals surface area contributed by atoms with Gasteiger partial charge in [0.25, 0.3) is 5.91 Å². The van der Waals surface area contributed by atoms with Crippen molar-refractivity contribution in [2.75, 3.05) is 32.6 Å². The zero-order valence-electron chi connectivity index (χ0n) is 21.0. The van der Waals surface area contributed by atoms with Crippen molar-refractivity contribution in [3.05, 3.63) is 65.7 Å². The summed E-state index contributed by atoms with van der Waals surface area (Å²) in [6.07, 6.45) is -1.68. The van der Waals surface area contributed by atoms with Crippen molar-refractivity contribution in [1.29, 1.82) is 0 Å². The lowest BCUT2D eigenvalue weighted by Crippen LogP contribution is -2.41. The average Bonchev–Trinajstić information content (AvgIpc) is 3.32. The molecule has 8 nitrogen and oxygen atoms in total. The highest BCUT2D eigenvalue weighted by atomic mass is 16.7. The molecule has 1 fully saturated rings. The number of anilines is 1. The molecule has 0 aliphatic carbocycles. The van der Waals surface area contributed by atoms with Crippen molar-refractivity contribution in [3.8, 4) is 0 Å². The van der Waals surface area contributed by atoms with E-state index in [0.717, 1.165) is 10.5 Å². The number of hydrogen-bond acceptors (Lipinski definition) is 6. The molecule has 1 saturated heterocycles. The zero-order valence-corrected chi connectivity index (χ0v) is 21.0. The van der Waals surface area contributed by atoms with Crippen molar-refractivity contribution in [1.82, 2.24) is 0 Å². The van der Waals surface area contributed by atoms with Crippen LogP contribution >= 0.6 is 0 Å². The maximum Gasteiger partial charge on any atom is 0.312 e. The van der Waals surface area contributed by atoms with Crippen LogP contribution in [0.4, 0.5) is 5.69 Å². The number of benzene rings is 2. The van der Waals surface area contributed by atoms with Crippen LogP contribution in [0.1, 0.15) is 38.0 Å². The summed E-state index contributed by atoms with van der Waals surface area (Å²) in [5.41, 5.74) is 1.46. The Balaban J connectivity index is 1.72. The molecule has 2 aliphatic heterocycles. The number of fused-ring (bicyclic) bond motifs is 1. The van der Waals surface area contributed by atoms with E-state index in [2.05, 4.69) is 5.16 Å². The number of likely N-dealkylation sites (N-methyl/N-ethyl adjacent to an activating group) is 1. The number of quaternary nitrogens is 1. The molecule has 2 amide bonds. The number of amides is 2. The lowest BCUT2D eigenvalue weighted by atomic mass is 9.94. The Labute approximate surface area is 205 Å². The minimum Gasteiger partial charge on any atom is -0.451 e. The molecule has 2 aliphatic rings. The van der Waals surface area contributed by atoms with Crippen LogP contribution in [0.25, 0.3) is 0 Å². The first-order chi connectivity index (χ1) is 16.4. The number of para-hydroxylation sites is 1. The van der Waals surface area contributed by atoms with Gasteiger partial charge >= 0.3 is 5.97 Å². The number of nitrogens with zero attached hydrogens (tertiary/aromatic N) is 3. The minimum atomic E-state index is -1.01. The lowest BCUT2D eigenvalue weighted by Gasteiger charge is -2.32. The molecule has 2 aromatic rings. The number of carbonyl (C=O) groups is 3. The molecule has 0 bridgehead atoms. The van der Waals surface area contributed by atoms with Gasteiger partial charge in [-0.3, -0.25) is 14.4 Å². The normalized spacial score (nSPS) is 20.9. The van der Waals surface area contributed by atoms with E-state index in [1.54, 1.807) is 39.0 Å². The van der Waals surface area contributed by atoms with Crippen LogP contribution in [-0.2, 0) is 24.0 Å². The van der Waals surface area contributed by atoms with Gasteiger partial charge in [0.2, 0.25) is 12.0 Å². The van der Waals surface area contributed by atoms with E-state index in [9.17, 15) is 14.4 Å². The monoisotopic (exact) mass is 478 g/mol. The van der Waals surface area contributed by atoms with Crippen LogP contribution in [0.2, 0.25) is 0 Å². The zero-order chi connectivity index (χ0) is 25.5. The maximum absolute atomic E-state index is 13.7. The van der Waals surface area contributed by atoms with E-state index in [-0.39, 0.29) is 5.97 Å². The van der Waals surface area contributed by atoms with E-state index < -0.39 is 35.4 Å². The molecule has 2 heterocycles. The Morgan fingerprint density at radius 3 is 2.29 bits per heavy atom. The van der Waals surface area contributed by atoms with Crippen molar-refractivity contribution in [2.24, 2.45) is 16.5 Å². The van der Waals surface area contributed by atoms with Gasteiger partial charge in [-0.2, -0.15) is 0 Å². The Morgan fingerprint density at radius 2 is 1.66 bits per heavy atom. The molecule has 0 aromatic heterocycles. The summed E-state index contributed by atoms with van der Waals surface area (Å²) >= 11 is 0. The van der Waals surface area contributed by atoms with E-state index in [1.807, 2.05) is 57.5 Å². The SMILES string of the molecule is CC(C)(C)C(=O)O[C@@H](C[N+](C)(C)C)c1ccccc1N1C(=O)[C@H]2C(c3ccccc3)=NO[C@H]2C1=O. The molecule has 0 saturated carbocycles. The number of oxime groups is 1. The summed E-state index contributed by atoms with van der Waals surface area (Å²) in [5, 5.41) is 4.07. The van der Waals surface area contributed by atoms with Gasteiger partial charge in [0, 0.05) is 11.1 Å². The van der Waals surface area contributed by atoms with Crippen LogP contribution in [0.5, 0.6) is 0 Å². The largest absolute Gasteiger partial charge is 0.451 e. The summed E-state index contributed by atoms with van der Waals surface area (Å²) in [6, 6.07) is 16.3. The number of imide groups is 1. The van der Waals surface area contributed by atoms with Gasteiger partial charge < -0.3 is 14.1 Å². The molecule has 35 heavy (non-hydrogen) atoms. The Morgan fingerprint density at radius 1 is 1.03 bits per heavy atom. The highest BCUT2D eigenvalue weighted by Crippen LogP contribution is 2.39. The third kappa shape index (κ3) is 4.84. The number of rotatable bonds is 6. The summed E-state index contributed by atoms with van der Waals surface area (Å²) in [6.45, 7) is 5.83. The Bertz CT molecular complexity index is 1180. The second kappa shape index (κ2) is 8.92. The molecular formula is C27H32N3O5+. The van der Waals surface area contributed by atoms with Crippen molar-refractivity contribution < 1.29 is 28.4 Å². The number of esters is 1. The highest BCUT2D eigenvalue weighted by Gasteiger charge is 2.56. The van der Waals surface area contributed by atoms with Crippen LogP contribution in [0, 0.1) is 11.3 Å². The van der Waals surface area contributed by atoms with Crippen molar-refractivity contribution >= 4 is 29.2 Å². The first-order valence-corrected chi connectivity index (χ1v) is 11.7. The predicted octanol–water partition coefficient (Wildman–Crippen LogP) is 3.32. The molecule has 3 atom stereocenters. The summed E-state index contributed by atoms with van der Waals surface area (Å²) in [5.74, 6) is -2.07. The second-order valence-corrected chi connectivity index (χ2v) is 11.0. The van der Waals surface area contributed by atoms with Gasteiger partial charge in [0.15, 0.2) is 6.10 Å². The molecule has 0 radical (unpaired) electrons. The first-order valence-electron chi connectivity index (χ1n) is 11.7. The van der Waals surface area contributed by atoms with Crippen molar-refractivity contribution in [2.45, 2.75) is 33.0 Å². The first kappa shape index (κ1) is 24.6. The third-order valence-electron chi connectivity index (χ3n) is 5.98. The van der Waals surface area contributed by atoms with E-state index in [4.69, 9.17) is 9.57 Å². The third-order valence-corrected chi connectivity index (χ3v) is 5.98. The summed E-state index contributed by atoms with van der Waals surface area (Å²) in [7, 11) is 5.98. The van der Waals surface area contributed by atoms with E-state index in [0.29, 0.717) is 28.0 Å². The quantitative estimate of drug-likeness (QED) is 0.361. The van der Waals surface area contributed by atoms with Crippen LogP contribution < -0.4 is 4.90 Å². The Kier molecular flexibility index (Phi) is 6.27. The highest BCUT2D eigenvalue weighted by molar-refractivity contribution is 6.32. The molecule has 0 unspecified atom stereocenters. The van der Waals surface area contributed by atoms with E-state index in [1.165, 1.54) is 0 Å². The predicted molar refractivity (Wildman–Crippen MR) is 131 cm³/mol. The molecule has 184 valence electrons. The van der Waals surface area contributed by atoms with E-state index >= 15 is 0 Å². The smallest absolute Gasteiger partial charge is 0.312 e. The summed E-state index contributed by atoms with van der Waals surface area (Å²) < 4.78 is 6.48. The number of ether oxygens (including phenoxy) is 1. The molecular weight excluding hydrogens is 446 g/mol. The maximum atomic E-state index is 13.7. The van der Waals surface area contributed by atoms with Gasteiger partial charge in [0.05, 0.1) is 32.2 Å². The standard InChI is InChI=1S/C27H32N3O5/c1-27(2,3)26(33)34-20(16-30(4,5)6)18-14-10-11-15-19(18)29-24(31)21-22(17-12-8-7-9-13-17)28-35-23(21)25(29)32/h7-15,20-21,23H,16H2,1-6H3/q+1/t20-,21-,23+/m0/s1. The fourth-order valence-electron chi connectivity index (χ4n) is 4.23. The summed E-state index contributed by atoms with van der Waals surface area (Å²) in [4.78, 5) is 46.5. The van der Waals surface area contributed by atoms with Gasteiger partial charge in [-0.15, -0.1) is 0 Å². The van der Waals surface area contributed by atoms with Crippen LogP contribution in [0.3, 0.4) is 0 Å². The molecule has 4 rings (SSSR count). The molecule has 0 spiro atoms. The van der Waals surface area contributed by atoms with Gasteiger partial charge in [-0.05, 0) is 26.8 Å². The lowest BCUT2D eigenvalue weighted by molar-refractivity contribution is -0.874. The fraction of sp³-hybridized carbons (Fsp3) is 0.407. The topological polar surface area (TPSA) is 85.3 Å². The van der Waals surface area contributed by atoms with Gasteiger partial charge in [0.1, 0.15) is 18.2 Å². The molecule has 2 aromatic carbocycles. The molecule has 0 N–H and O–H groups in total. The van der Waals surface area contributed by atoms with Crippen molar-refractivity contribution in [3.63, 3.8) is 0 Å². The number of hydrogen-bond donors (Lipinski definition) is 0. The average molecular weight is 479 g/mol. The Hall–Kier alpha value is -3.52. The van der Waals surface area contributed by atoms with Crippen LogP contribution in [0.15, 0.2) is 59.8 Å². The van der Waals surface area contributed by atoms with Crippen LogP contribution in [-0.4, -0.2) is 61.8 Å². The number of carbonyl (C=O) groups excluding carboxylic acids is 3. The van der Waals surface area contributed by atoms with Gasteiger partial charge in [-0.1, -0.05) is 53.7 Å². The second-order valence-electron chi connectivity index (χ2n) is 11.0. The molecule has 8 heteroatoms. The minimum absolute atomic E-state index is 0.358. The fourth-order valence-corrected chi connectivity index (χ4v) is 4.23.